The van der Waals surface area contributed by atoms with Gasteiger partial charge in [-0.15, -0.1) is 0 Å². The maximum absolute atomic E-state index is 13.9. The molecule has 3 heterocycles. The highest BCUT2D eigenvalue weighted by Gasteiger charge is 2.48. The van der Waals surface area contributed by atoms with Crippen LogP contribution in [0.2, 0.25) is 0 Å². The fourth-order valence-electron chi connectivity index (χ4n) is 3.95. The van der Waals surface area contributed by atoms with Crippen molar-refractivity contribution in [1.82, 2.24) is 9.78 Å². The molecule has 2 aromatic carbocycles. The molecule has 1 aliphatic heterocycles. The molecule has 170 valence electrons. The number of anilines is 2. The summed E-state index contributed by atoms with van der Waals surface area (Å²) in [4.78, 5) is 13.1. The van der Waals surface area contributed by atoms with Gasteiger partial charge in [0.2, 0.25) is 0 Å². The number of amides is 1. The highest BCUT2D eigenvalue weighted by atomic mass is 79.9. The lowest BCUT2D eigenvalue weighted by Gasteiger charge is -2.32. The molecule has 0 unspecified atom stereocenters. The van der Waals surface area contributed by atoms with E-state index in [0.717, 1.165) is 15.5 Å². The molecule has 1 amide bonds. The first-order valence-corrected chi connectivity index (χ1v) is 11.5. The lowest BCUT2D eigenvalue weighted by molar-refractivity contribution is -0.174. The predicted molar refractivity (Wildman–Crippen MR) is 124 cm³/mol. The smallest absolute Gasteiger partial charge is 0.410 e. The second-order valence-electron chi connectivity index (χ2n) is 7.57. The van der Waals surface area contributed by atoms with E-state index in [1.807, 2.05) is 30.3 Å². The Kier molecular flexibility index (Phi) is 5.48. The summed E-state index contributed by atoms with van der Waals surface area (Å²) in [6.07, 6.45) is -4.91. The number of aromatic nitrogens is 2. The van der Waals surface area contributed by atoms with Crippen molar-refractivity contribution < 1.29 is 22.4 Å². The van der Waals surface area contributed by atoms with Crippen LogP contribution >= 0.6 is 31.9 Å². The third-order valence-electron chi connectivity index (χ3n) is 5.49. The van der Waals surface area contributed by atoms with Gasteiger partial charge >= 0.3 is 6.18 Å². The van der Waals surface area contributed by atoms with Gasteiger partial charge in [-0.25, -0.2) is 4.68 Å². The number of carbonyl (C=O) groups is 1. The SMILES string of the molecule is O=C(Nc1cccc2ccccc12)c1nn2c(c1Br)N[C@@H](c1ccc(Br)o1)C[C@@H]2C(F)(F)F. The molecule has 11 heteroatoms. The zero-order chi connectivity index (χ0) is 23.3. The summed E-state index contributed by atoms with van der Waals surface area (Å²) in [5.41, 5.74) is 0.385. The monoisotopic (exact) mass is 582 g/mol. The molecular formula is C22H15Br2F3N4O2. The van der Waals surface area contributed by atoms with Gasteiger partial charge in [-0.2, -0.15) is 18.3 Å². The molecule has 6 nitrogen and oxygen atoms in total. The number of hydrogen-bond donors (Lipinski definition) is 2. The van der Waals surface area contributed by atoms with Gasteiger partial charge in [-0.05, 0) is 55.4 Å². The second-order valence-corrected chi connectivity index (χ2v) is 9.14. The maximum Gasteiger partial charge on any atom is 0.410 e. The van der Waals surface area contributed by atoms with Crippen molar-refractivity contribution in [1.29, 1.82) is 0 Å². The Morgan fingerprint density at radius 2 is 1.88 bits per heavy atom. The molecule has 0 fully saturated rings. The van der Waals surface area contributed by atoms with Gasteiger partial charge in [0.15, 0.2) is 16.4 Å². The largest absolute Gasteiger partial charge is 0.452 e. The number of nitrogens with one attached hydrogen (secondary N) is 2. The molecule has 0 saturated carbocycles. The van der Waals surface area contributed by atoms with Crippen molar-refractivity contribution in [3.63, 3.8) is 0 Å². The molecule has 0 radical (unpaired) electrons. The minimum Gasteiger partial charge on any atom is -0.452 e. The third kappa shape index (κ3) is 4.04. The first kappa shape index (κ1) is 22.0. The van der Waals surface area contributed by atoms with Gasteiger partial charge in [0, 0.05) is 17.5 Å². The van der Waals surface area contributed by atoms with Crippen molar-refractivity contribution in [2.24, 2.45) is 0 Å². The quantitative estimate of drug-likeness (QED) is 0.271. The zero-order valence-corrected chi connectivity index (χ0v) is 19.8. The molecule has 33 heavy (non-hydrogen) atoms. The van der Waals surface area contributed by atoms with E-state index in [-0.39, 0.29) is 22.4 Å². The van der Waals surface area contributed by atoms with Crippen molar-refractivity contribution in [3.8, 4) is 0 Å². The Bertz CT molecular complexity index is 1360. The molecule has 4 aromatic rings. The average molecular weight is 584 g/mol. The molecule has 2 aromatic heterocycles. The number of furan rings is 1. The summed E-state index contributed by atoms with van der Waals surface area (Å²) in [6.45, 7) is 0. The summed E-state index contributed by atoms with van der Waals surface area (Å²) in [7, 11) is 0. The number of halogens is 5. The number of alkyl halides is 3. The molecular weight excluding hydrogens is 569 g/mol. The normalized spacial score (nSPS) is 18.1. The summed E-state index contributed by atoms with van der Waals surface area (Å²) in [5, 5.41) is 11.6. The van der Waals surface area contributed by atoms with Crippen LogP contribution in [0.5, 0.6) is 0 Å². The molecule has 2 atom stereocenters. The molecule has 0 aliphatic carbocycles. The van der Waals surface area contributed by atoms with E-state index in [4.69, 9.17) is 4.42 Å². The van der Waals surface area contributed by atoms with Gasteiger partial charge < -0.3 is 15.1 Å². The average Bonchev–Trinajstić information content (AvgIpc) is 3.36. The number of carbonyl (C=O) groups excluding carboxylic acids is 1. The summed E-state index contributed by atoms with van der Waals surface area (Å²) in [6, 6.07) is 13.4. The van der Waals surface area contributed by atoms with Crippen LogP contribution in [0.3, 0.4) is 0 Å². The Hall–Kier alpha value is -2.79. The van der Waals surface area contributed by atoms with E-state index in [9.17, 15) is 18.0 Å². The minimum absolute atomic E-state index is 0.0594. The molecule has 5 rings (SSSR count). The Balaban J connectivity index is 1.52. The summed E-state index contributed by atoms with van der Waals surface area (Å²) in [5.74, 6) is -0.221. The van der Waals surface area contributed by atoms with Gasteiger partial charge in [0.05, 0.1) is 10.5 Å². The van der Waals surface area contributed by atoms with Gasteiger partial charge in [-0.1, -0.05) is 36.4 Å². The predicted octanol–water partition coefficient (Wildman–Crippen LogP) is 7.07. The van der Waals surface area contributed by atoms with Crippen molar-refractivity contribution in [2.75, 3.05) is 10.6 Å². The third-order valence-corrected chi connectivity index (χ3v) is 6.66. The van der Waals surface area contributed by atoms with Crippen LogP contribution in [0.15, 0.2) is 68.2 Å². The van der Waals surface area contributed by atoms with E-state index >= 15 is 0 Å². The lowest BCUT2D eigenvalue weighted by Crippen LogP contribution is -2.35. The maximum atomic E-state index is 13.9. The van der Waals surface area contributed by atoms with Crippen LogP contribution < -0.4 is 10.6 Å². The first-order chi connectivity index (χ1) is 15.7. The van der Waals surface area contributed by atoms with E-state index in [1.165, 1.54) is 0 Å². The van der Waals surface area contributed by atoms with Crippen LogP contribution in [0.25, 0.3) is 10.8 Å². The standard InChI is InChI=1S/C22H15Br2F3N4O2/c23-17-9-8-15(33-17)14-10-16(22(25,26)27)31-20(28-14)18(24)19(30-31)21(32)29-13-7-3-5-11-4-1-2-6-12(11)13/h1-9,14,16,28H,10H2,(H,29,32)/t14-,16-/m1/s1. The highest BCUT2D eigenvalue weighted by molar-refractivity contribution is 9.10. The zero-order valence-electron chi connectivity index (χ0n) is 16.7. The molecule has 0 bridgehead atoms. The Labute approximate surface area is 202 Å². The summed E-state index contributed by atoms with van der Waals surface area (Å²) < 4.78 is 48.6. The van der Waals surface area contributed by atoms with E-state index in [1.54, 1.807) is 24.3 Å². The number of fused-ring (bicyclic) bond motifs is 2. The van der Waals surface area contributed by atoms with E-state index in [2.05, 4.69) is 47.6 Å². The van der Waals surface area contributed by atoms with Crippen molar-refractivity contribution in [2.45, 2.75) is 24.7 Å². The fourth-order valence-corrected chi connectivity index (χ4v) is 4.83. The second kappa shape index (κ2) is 8.21. The highest BCUT2D eigenvalue weighted by Crippen LogP contribution is 2.46. The summed E-state index contributed by atoms with van der Waals surface area (Å²) >= 11 is 6.46. The van der Waals surface area contributed by atoms with Crippen LogP contribution in [0.4, 0.5) is 24.7 Å². The van der Waals surface area contributed by atoms with Gasteiger partial charge in [-0.3, -0.25) is 4.79 Å². The lowest BCUT2D eigenvalue weighted by atomic mass is 10.0. The van der Waals surface area contributed by atoms with E-state index in [0.29, 0.717) is 16.1 Å². The van der Waals surface area contributed by atoms with E-state index < -0.39 is 24.2 Å². The molecule has 2 N–H and O–H groups in total. The Morgan fingerprint density at radius 1 is 1.12 bits per heavy atom. The first-order valence-electron chi connectivity index (χ1n) is 9.88. The van der Waals surface area contributed by atoms with Gasteiger partial charge in [0.25, 0.3) is 5.91 Å². The van der Waals surface area contributed by atoms with Crippen LogP contribution in [-0.4, -0.2) is 21.9 Å². The number of rotatable bonds is 3. The number of benzene rings is 2. The molecule has 1 aliphatic rings. The Morgan fingerprint density at radius 3 is 2.61 bits per heavy atom. The fraction of sp³-hybridized carbons (Fsp3) is 0.182. The number of nitrogens with zero attached hydrogens (tertiary/aromatic N) is 2. The van der Waals surface area contributed by atoms with Crippen LogP contribution in [0, 0.1) is 0 Å². The molecule has 0 saturated heterocycles. The van der Waals surface area contributed by atoms with Crippen molar-refractivity contribution in [3.05, 3.63) is 75.2 Å². The molecule has 0 spiro atoms. The minimum atomic E-state index is -4.58. The number of hydrogen-bond acceptors (Lipinski definition) is 4. The van der Waals surface area contributed by atoms with Crippen LogP contribution in [-0.2, 0) is 0 Å². The van der Waals surface area contributed by atoms with Crippen molar-refractivity contribution >= 4 is 60.0 Å². The van der Waals surface area contributed by atoms with Gasteiger partial charge in [0.1, 0.15) is 11.6 Å². The van der Waals surface area contributed by atoms with Crippen LogP contribution in [0.1, 0.15) is 34.8 Å². The topological polar surface area (TPSA) is 72.1 Å².